The minimum Gasteiger partial charge on any atom is -0.382 e. The van der Waals surface area contributed by atoms with Crippen LogP contribution in [-0.2, 0) is 9.57 Å². The first kappa shape index (κ1) is 17.0. The van der Waals surface area contributed by atoms with Crippen LogP contribution in [0.2, 0.25) is 5.02 Å². The summed E-state index contributed by atoms with van der Waals surface area (Å²) in [5.74, 6) is 0. The standard InChI is InChI=1S/C15H23ClN2O2/c1-2-19-11-4-3-5-15(18-20-12-10-17)13-6-8-14(16)9-7-13/h5-9,18H,2-4,10-12,17H2,1H3. The van der Waals surface area contributed by atoms with E-state index < -0.39 is 0 Å². The highest BCUT2D eigenvalue weighted by Gasteiger charge is 2.01. The molecule has 0 aliphatic heterocycles. The van der Waals surface area contributed by atoms with E-state index in [0.29, 0.717) is 18.2 Å². The van der Waals surface area contributed by atoms with Gasteiger partial charge in [0.2, 0.25) is 0 Å². The van der Waals surface area contributed by atoms with Crippen molar-refractivity contribution in [1.29, 1.82) is 0 Å². The Labute approximate surface area is 125 Å². The molecule has 0 saturated carbocycles. The van der Waals surface area contributed by atoms with Gasteiger partial charge in [0.15, 0.2) is 0 Å². The maximum Gasteiger partial charge on any atom is 0.0868 e. The topological polar surface area (TPSA) is 56.5 Å². The summed E-state index contributed by atoms with van der Waals surface area (Å²) in [6, 6.07) is 7.62. The molecule has 20 heavy (non-hydrogen) atoms. The molecule has 0 amide bonds. The first-order valence-electron chi connectivity index (χ1n) is 6.89. The second-order valence-corrected chi connectivity index (χ2v) is 4.64. The SMILES string of the molecule is CCOCCCC=C(NOCCN)c1ccc(Cl)cc1. The lowest BCUT2D eigenvalue weighted by molar-refractivity contribution is 0.0847. The summed E-state index contributed by atoms with van der Waals surface area (Å²) in [6.45, 7) is 4.46. The molecule has 1 rings (SSSR count). The van der Waals surface area contributed by atoms with Crippen molar-refractivity contribution in [2.24, 2.45) is 5.73 Å². The van der Waals surface area contributed by atoms with Gasteiger partial charge in [0, 0.05) is 24.8 Å². The molecule has 0 aromatic heterocycles. The maximum absolute atomic E-state index is 5.90. The van der Waals surface area contributed by atoms with E-state index in [1.807, 2.05) is 31.2 Å². The van der Waals surface area contributed by atoms with E-state index in [2.05, 4.69) is 11.6 Å². The number of allylic oxidation sites excluding steroid dienone is 1. The van der Waals surface area contributed by atoms with Crippen molar-refractivity contribution in [3.63, 3.8) is 0 Å². The monoisotopic (exact) mass is 298 g/mol. The third kappa shape index (κ3) is 6.91. The Balaban J connectivity index is 2.59. The van der Waals surface area contributed by atoms with Crippen LogP contribution in [0.15, 0.2) is 30.3 Å². The fraction of sp³-hybridized carbons (Fsp3) is 0.467. The molecule has 0 aliphatic carbocycles. The molecule has 3 N–H and O–H groups in total. The average molecular weight is 299 g/mol. The van der Waals surface area contributed by atoms with Gasteiger partial charge in [0.25, 0.3) is 0 Å². The first-order chi connectivity index (χ1) is 9.77. The van der Waals surface area contributed by atoms with Crippen LogP contribution >= 0.6 is 11.6 Å². The lowest BCUT2D eigenvalue weighted by Crippen LogP contribution is -2.18. The van der Waals surface area contributed by atoms with Crippen molar-refractivity contribution < 1.29 is 9.57 Å². The fourth-order valence-electron chi connectivity index (χ4n) is 1.61. The number of hydrogen-bond donors (Lipinski definition) is 2. The average Bonchev–Trinajstić information content (AvgIpc) is 2.46. The summed E-state index contributed by atoms with van der Waals surface area (Å²) in [6.07, 6.45) is 3.99. The van der Waals surface area contributed by atoms with Crippen molar-refractivity contribution in [1.82, 2.24) is 5.48 Å². The Bertz CT molecular complexity index is 393. The Kier molecular flexibility index (Phi) is 9.07. The number of halogens is 1. The normalized spacial score (nSPS) is 11.7. The highest BCUT2D eigenvalue weighted by molar-refractivity contribution is 6.30. The lowest BCUT2D eigenvalue weighted by Gasteiger charge is -2.11. The van der Waals surface area contributed by atoms with Crippen molar-refractivity contribution in [3.8, 4) is 0 Å². The van der Waals surface area contributed by atoms with Crippen molar-refractivity contribution in [3.05, 3.63) is 40.9 Å². The van der Waals surface area contributed by atoms with Gasteiger partial charge in [-0.1, -0.05) is 29.8 Å². The van der Waals surface area contributed by atoms with Crippen LogP contribution in [0.4, 0.5) is 0 Å². The lowest BCUT2D eigenvalue weighted by atomic mass is 10.1. The van der Waals surface area contributed by atoms with E-state index in [1.54, 1.807) is 0 Å². The number of unbranched alkanes of at least 4 members (excludes halogenated alkanes) is 1. The summed E-state index contributed by atoms with van der Waals surface area (Å²) in [4.78, 5) is 5.30. The summed E-state index contributed by atoms with van der Waals surface area (Å²) in [7, 11) is 0. The second-order valence-electron chi connectivity index (χ2n) is 4.20. The molecule has 112 valence electrons. The summed E-state index contributed by atoms with van der Waals surface area (Å²) in [5, 5.41) is 0.715. The van der Waals surface area contributed by atoms with E-state index in [9.17, 15) is 0 Å². The molecule has 5 heteroatoms. The molecule has 0 atom stereocenters. The Morgan fingerprint density at radius 1 is 1.30 bits per heavy atom. The number of nitrogens with one attached hydrogen (secondary N) is 1. The number of benzene rings is 1. The van der Waals surface area contributed by atoms with Gasteiger partial charge < -0.3 is 10.5 Å². The molecule has 4 nitrogen and oxygen atoms in total. The first-order valence-corrected chi connectivity index (χ1v) is 7.27. The molecule has 0 heterocycles. The molecule has 1 aromatic rings. The van der Waals surface area contributed by atoms with Gasteiger partial charge in [-0.05, 0) is 37.5 Å². The Morgan fingerprint density at radius 2 is 2.05 bits per heavy atom. The van der Waals surface area contributed by atoms with Crippen LogP contribution < -0.4 is 11.2 Å². The van der Waals surface area contributed by atoms with Gasteiger partial charge in [-0.2, -0.15) is 0 Å². The Morgan fingerprint density at radius 3 is 2.70 bits per heavy atom. The summed E-state index contributed by atoms with van der Waals surface area (Å²) >= 11 is 5.90. The summed E-state index contributed by atoms with van der Waals surface area (Å²) < 4.78 is 5.32. The number of nitrogens with two attached hydrogens (primary N) is 1. The van der Waals surface area contributed by atoms with Crippen molar-refractivity contribution in [2.75, 3.05) is 26.4 Å². The third-order valence-corrected chi connectivity index (χ3v) is 2.85. The van der Waals surface area contributed by atoms with Gasteiger partial charge in [-0.25, -0.2) is 0 Å². The van der Waals surface area contributed by atoms with Crippen LogP contribution in [0.3, 0.4) is 0 Å². The van der Waals surface area contributed by atoms with E-state index in [0.717, 1.165) is 37.3 Å². The predicted octanol–water partition coefficient (Wildman–Crippen LogP) is 2.98. The number of hydroxylamine groups is 1. The molecule has 0 saturated heterocycles. The number of hydrogen-bond acceptors (Lipinski definition) is 4. The zero-order valence-electron chi connectivity index (χ0n) is 11.9. The zero-order valence-corrected chi connectivity index (χ0v) is 12.7. The Hall–Kier alpha value is -1.07. The molecular formula is C15H23ClN2O2. The van der Waals surface area contributed by atoms with Crippen molar-refractivity contribution >= 4 is 17.3 Å². The maximum atomic E-state index is 5.90. The summed E-state index contributed by atoms with van der Waals surface area (Å²) in [5.41, 5.74) is 10.3. The van der Waals surface area contributed by atoms with Crippen LogP contribution in [-0.4, -0.2) is 26.4 Å². The van der Waals surface area contributed by atoms with Crippen LogP contribution in [0.1, 0.15) is 25.3 Å². The van der Waals surface area contributed by atoms with Gasteiger partial charge in [-0.3, -0.25) is 10.3 Å². The van der Waals surface area contributed by atoms with Gasteiger partial charge in [-0.15, -0.1) is 0 Å². The largest absolute Gasteiger partial charge is 0.382 e. The molecule has 0 spiro atoms. The van der Waals surface area contributed by atoms with Gasteiger partial charge in [0.1, 0.15) is 0 Å². The second kappa shape index (κ2) is 10.7. The molecule has 0 unspecified atom stereocenters. The molecule has 0 aliphatic rings. The fourth-order valence-corrected chi connectivity index (χ4v) is 1.74. The van der Waals surface area contributed by atoms with E-state index in [4.69, 9.17) is 26.9 Å². The van der Waals surface area contributed by atoms with E-state index in [-0.39, 0.29) is 0 Å². The molecular weight excluding hydrogens is 276 g/mol. The van der Waals surface area contributed by atoms with Crippen LogP contribution in [0, 0.1) is 0 Å². The number of ether oxygens (including phenoxy) is 1. The minimum atomic E-state index is 0.462. The van der Waals surface area contributed by atoms with Gasteiger partial charge in [0.05, 0.1) is 12.3 Å². The molecule has 1 aromatic carbocycles. The zero-order chi connectivity index (χ0) is 14.6. The molecule has 0 fully saturated rings. The molecule has 0 bridgehead atoms. The van der Waals surface area contributed by atoms with E-state index >= 15 is 0 Å². The van der Waals surface area contributed by atoms with Crippen LogP contribution in [0.25, 0.3) is 5.70 Å². The predicted molar refractivity (Wildman–Crippen MR) is 83.3 cm³/mol. The van der Waals surface area contributed by atoms with Crippen molar-refractivity contribution in [2.45, 2.75) is 19.8 Å². The van der Waals surface area contributed by atoms with E-state index in [1.165, 1.54) is 0 Å². The van der Waals surface area contributed by atoms with Crippen LogP contribution in [0.5, 0.6) is 0 Å². The smallest absolute Gasteiger partial charge is 0.0868 e. The minimum absolute atomic E-state index is 0.462. The number of rotatable bonds is 10. The highest BCUT2D eigenvalue weighted by Crippen LogP contribution is 2.16. The molecule has 0 radical (unpaired) electrons. The third-order valence-electron chi connectivity index (χ3n) is 2.60. The van der Waals surface area contributed by atoms with Gasteiger partial charge >= 0.3 is 0 Å². The quantitative estimate of drug-likeness (QED) is 0.515. The highest BCUT2D eigenvalue weighted by atomic mass is 35.5.